The van der Waals surface area contributed by atoms with Crippen molar-refractivity contribution in [3.8, 4) is 0 Å². The van der Waals surface area contributed by atoms with Gasteiger partial charge in [-0.25, -0.2) is 13.8 Å². The number of hydrogen-bond acceptors (Lipinski definition) is 5. The summed E-state index contributed by atoms with van der Waals surface area (Å²) in [6, 6.07) is -0.771. The molecule has 33 heavy (non-hydrogen) atoms. The third-order valence-electron chi connectivity index (χ3n) is 4.91. The van der Waals surface area contributed by atoms with Gasteiger partial charge >= 0.3 is 6.18 Å². The number of ether oxygens (including phenoxy) is 1. The number of likely N-dealkylation sites (tertiary alicyclic amines) is 1. The van der Waals surface area contributed by atoms with Gasteiger partial charge in [0.05, 0.1) is 25.3 Å². The van der Waals surface area contributed by atoms with Crippen molar-refractivity contribution in [2.75, 3.05) is 13.2 Å². The minimum Gasteiger partial charge on any atom is -0.484 e. The van der Waals surface area contributed by atoms with Crippen molar-refractivity contribution in [2.45, 2.75) is 38.0 Å². The molecule has 0 radical (unpaired) electrons. The first-order valence-corrected chi connectivity index (χ1v) is 10.8. The monoisotopic (exact) mass is 587 g/mol. The van der Waals surface area contributed by atoms with Gasteiger partial charge in [0.1, 0.15) is 12.3 Å². The fourth-order valence-electron chi connectivity index (χ4n) is 3.48. The lowest BCUT2D eigenvalue weighted by Crippen LogP contribution is -2.57. The van der Waals surface area contributed by atoms with E-state index in [2.05, 4.69) is 28.4 Å². The predicted molar refractivity (Wildman–Crippen MR) is 122 cm³/mol. The number of alkyl halides is 5. The minimum absolute atomic E-state index is 0.0116. The van der Waals surface area contributed by atoms with Crippen molar-refractivity contribution >= 4 is 40.9 Å². The zero-order valence-electron chi connectivity index (χ0n) is 17.9. The highest BCUT2D eigenvalue weighted by Gasteiger charge is 2.47. The maximum absolute atomic E-state index is 14.3. The molecule has 1 aromatic heterocycles. The first-order chi connectivity index (χ1) is 15.3. The summed E-state index contributed by atoms with van der Waals surface area (Å²) in [6.45, 7) is 7.04. The van der Waals surface area contributed by atoms with Gasteiger partial charge in [0, 0.05) is 47.8 Å². The van der Waals surface area contributed by atoms with E-state index in [1.807, 2.05) is 0 Å². The molecule has 1 aliphatic rings. The van der Waals surface area contributed by atoms with Crippen molar-refractivity contribution in [2.24, 2.45) is 23.0 Å². The Morgan fingerprint density at radius 1 is 1.45 bits per heavy atom. The van der Waals surface area contributed by atoms with Gasteiger partial charge in [-0.05, 0) is 18.7 Å². The number of nitrogens with zero attached hydrogens (tertiary/aromatic N) is 5. The molecule has 0 spiro atoms. The highest BCUT2D eigenvalue weighted by atomic mass is 127. The van der Waals surface area contributed by atoms with E-state index in [9.17, 15) is 26.7 Å². The molecule has 1 saturated heterocycles. The smallest absolute Gasteiger partial charge is 0.433 e. The molecule has 0 aliphatic carbocycles. The van der Waals surface area contributed by atoms with Crippen LogP contribution in [0, 0.1) is 5.92 Å². The second-order valence-corrected chi connectivity index (χ2v) is 8.62. The molecule has 7 nitrogen and oxygen atoms in total. The number of aryl methyl sites for hydroxylation is 1. The molecule has 0 N–H and O–H groups in total. The third kappa shape index (κ3) is 7.08. The molecule has 1 aliphatic heterocycles. The molecule has 0 saturated carbocycles. The average Bonchev–Trinajstić information content (AvgIpc) is 3.05. The van der Waals surface area contributed by atoms with Gasteiger partial charge in [-0.1, -0.05) is 13.5 Å². The van der Waals surface area contributed by atoms with Crippen LogP contribution in [0.1, 0.15) is 29.4 Å². The minimum atomic E-state index is -4.68. The lowest BCUT2D eigenvalue weighted by Gasteiger charge is -2.42. The average molecular weight is 587 g/mol. The van der Waals surface area contributed by atoms with Gasteiger partial charge in [0.15, 0.2) is 9.46 Å². The van der Waals surface area contributed by atoms with Crippen LogP contribution in [-0.4, -0.2) is 64.3 Å². The Bertz CT molecular complexity index is 957. The second kappa shape index (κ2) is 10.7. The summed E-state index contributed by atoms with van der Waals surface area (Å²) in [4.78, 5) is 21.2. The number of carbonyl (C=O) groups is 1. The van der Waals surface area contributed by atoms with E-state index in [4.69, 9.17) is 4.74 Å². The Balaban J connectivity index is 2.27. The number of amides is 1. The lowest BCUT2D eigenvalue weighted by molar-refractivity contribution is -0.100. The Morgan fingerprint density at radius 2 is 2.12 bits per heavy atom. The molecule has 1 amide bonds. The third-order valence-corrected chi connectivity index (χ3v) is 5.50. The van der Waals surface area contributed by atoms with Crippen LogP contribution in [-0.2, 0) is 18.3 Å². The van der Waals surface area contributed by atoms with Crippen molar-refractivity contribution in [1.82, 2.24) is 14.7 Å². The van der Waals surface area contributed by atoms with E-state index in [0.717, 1.165) is 11.1 Å². The zero-order chi connectivity index (χ0) is 25.0. The molecule has 1 aromatic rings. The summed E-state index contributed by atoms with van der Waals surface area (Å²) in [6.07, 6.45) is -2.18. The van der Waals surface area contributed by atoms with Crippen LogP contribution in [0.2, 0.25) is 0 Å². The number of hydrogen-bond donors (Lipinski definition) is 0. The van der Waals surface area contributed by atoms with E-state index >= 15 is 0 Å². The molecule has 0 unspecified atom stereocenters. The van der Waals surface area contributed by atoms with Crippen LogP contribution < -0.4 is 0 Å². The van der Waals surface area contributed by atoms with Crippen LogP contribution >= 0.6 is 22.6 Å². The fraction of sp³-hybridized carbons (Fsp3) is 0.500. The van der Waals surface area contributed by atoms with Crippen molar-refractivity contribution < 1.29 is 31.5 Å². The van der Waals surface area contributed by atoms with E-state index in [0.29, 0.717) is 11.6 Å². The summed E-state index contributed by atoms with van der Waals surface area (Å²) in [5, 5.41) is 4.09. The van der Waals surface area contributed by atoms with E-state index in [1.54, 1.807) is 42.8 Å². The maximum Gasteiger partial charge on any atom is 0.433 e. The van der Waals surface area contributed by atoms with Gasteiger partial charge in [-0.15, -0.1) is 0 Å². The van der Waals surface area contributed by atoms with E-state index in [1.165, 1.54) is 4.68 Å². The molecule has 182 valence electrons. The summed E-state index contributed by atoms with van der Waals surface area (Å²) in [5.74, 6) is -4.48. The molecule has 1 fully saturated rings. The van der Waals surface area contributed by atoms with Crippen molar-refractivity contribution in [3.05, 3.63) is 40.1 Å². The van der Waals surface area contributed by atoms with Crippen LogP contribution in [0.4, 0.5) is 22.0 Å². The Morgan fingerprint density at radius 3 is 2.70 bits per heavy atom. The molecular weight excluding hydrogens is 564 g/mol. The molecule has 2 rings (SSSR count). The number of aromatic nitrogens is 2. The van der Waals surface area contributed by atoms with E-state index in [-0.39, 0.29) is 22.6 Å². The molecular formula is C20H23F5IN5O2. The Kier molecular flexibility index (Phi) is 8.76. The molecule has 2 atom stereocenters. The highest BCUT2D eigenvalue weighted by molar-refractivity contribution is 14.1. The Hall–Kier alpha value is -2.32. The number of rotatable bonds is 8. The van der Waals surface area contributed by atoms with Crippen LogP contribution in [0.5, 0.6) is 0 Å². The first kappa shape index (κ1) is 26.9. The Labute approximate surface area is 201 Å². The van der Waals surface area contributed by atoms with Gasteiger partial charge in [-0.2, -0.15) is 18.3 Å². The second-order valence-electron chi connectivity index (χ2n) is 7.56. The summed E-state index contributed by atoms with van der Waals surface area (Å²) >= 11 is 1.63. The number of aliphatic imine (C=N–C) groups is 2. The van der Waals surface area contributed by atoms with Gasteiger partial charge < -0.3 is 9.64 Å². The standard InChI is InChI=1S/C20H23F5IN5O2/c1-5-15(20(23,24)25)28-8-16(26)33-10-14-12(2)6-19(21,22)11-31(14)18(32)17-13(7-27-3)9-30(4)29-17/h5,8-9,12,14H,1,3,6-7,10-11H2,2,4H3/b16-8+,28-15+/t12-,14-/m1/s1. The quantitative estimate of drug-likeness (QED) is 0.194. The highest BCUT2D eigenvalue weighted by Crippen LogP contribution is 2.36. The van der Waals surface area contributed by atoms with Crippen molar-refractivity contribution in [3.63, 3.8) is 0 Å². The maximum atomic E-state index is 14.3. The fourth-order valence-corrected chi connectivity index (χ4v) is 3.79. The van der Waals surface area contributed by atoms with Crippen molar-refractivity contribution in [1.29, 1.82) is 0 Å². The predicted octanol–water partition coefficient (Wildman–Crippen LogP) is 4.55. The summed E-state index contributed by atoms with van der Waals surface area (Å²) < 4.78 is 73.8. The SMILES string of the molecule is C=C/C(=N\C=C(/I)OC[C@@H]1[C@H](C)CC(F)(F)CN1C(=O)c1nn(C)cc1CN=C)C(F)(F)F. The first-order valence-electron chi connectivity index (χ1n) is 9.68. The molecule has 0 bridgehead atoms. The summed E-state index contributed by atoms with van der Waals surface area (Å²) in [7, 11) is 1.59. The van der Waals surface area contributed by atoms with Crippen LogP contribution in [0.25, 0.3) is 0 Å². The normalized spacial score (nSPS) is 21.6. The molecule has 0 aromatic carbocycles. The summed E-state index contributed by atoms with van der Waals surface area (Å²) in [5.41, 5.74) is -0.789. The van der Waals surface area contributed by atoms with Crippen LogP contribution in [0.15, 0.2) is 38.8 Å². The van der Waals surface area contributed by atoms with Gasteiger partial charge in [-0.3, -0.25) is 14.5 Å². The largest absolute Gasteiger partial charge is 0.484 e. The topological polar surface area (TPSA) is 72.1 Å². The zero-order valence-corrected chi connectivity index (χ0v) is 20.1. The van der Waals surface area contributed by atoms with Gasteiger partial charge in [0.25, 0.3) is 11.8 Å². The van der Waals surface area contributed by atoms with Gasteiger partial charge in [0.2, 0.25) is 0 Å². The molecule has 2 heterocycles. The lowest BCUT2D eigenvalue weighted by atomic mass is 9.88. The number of piperidine rings is 1. The molecule has 13 heteroatoms. The number of halogens is 6. The van der Waals surface area contributed by atoms with Crippen LogP contribution in [0.3, 0.4) is 0 Å². The number of allylic oxidation sites excluding steroid dienone is 1. The number of carbonyl (C=O) groups excluding carboxylic acids is 1. The van der Waals surface area contributed by atoms with E-state index < -0.39 is 48.6 Å².